The number of sulfonamides is 1. The molecule has 0 saturated heterocycles. The number of aryl methyl sites for hydroxylation is 3. The van der Waals surface area contributed by atoms with Crippen LogP contribution >= 0.6 is 11.6 Å². The lowest BCUT2D eigenvalue weighted by Crippen LogP contribution is -2.37. The van der Waals surface area contributed by atoms with Gasteiger partial charge < -0.3 is 5.32 Å². The van der Waals surface area contributed by atoms with Crippen LogP contribution in [0.2, 0.25) is 5.02 Å². The highest BCUT2D eigenvalue weighted by atomic mass is 35.5. The largest absolute Gasteiger partial charge is 0.324 e. The van der Waals surface area contributed by atoms with Gasteiger partial charge in [-0.25, -0.2) is 8.42 Å². The molecule has 0 saturated carbocycles. The lowest BCUT2D eigenvalue weighted by atomic mass is 10.1. The Kier molecular flexibility index (Phi) is 5.75. The van der Waals surface area contributed by atoms with E-state index in [1.807, 2.05) is 39.0 Å². The number of hydrogen-bond donors (Lipinski definition) is 1. The highest BCUT2D eigenvalue weighted by molar-refractivity contribution is 7.92. The van der Waals surface area contributed by atoms with Gasteiger partial charge in [-0.2, -0.15) is 0 Å². The normalized spacial score (nSPS) is 11.2. The first-order chi connectivity index (χ1) is 11.6. The number of carbonyl (C=O) groups excluding carboxylic acids is 1. The minimum atomic E-state index is -3.64. The van der Waals surface area contributed by atoms with Gasteiger partial charge >= 0.3 is 0 Å². The number of anilines is 2. The van der Waals surface area contributed by atoms with E-state index >= 15 is 0 Å². The molecular weight excluding hydrogens is 360 g/mol. The van der Waals surface area contributed by atoms with Crippen LogP contribution in [0.4, 0.5) is 11.4 Å². The summed E-state index contributed by atoms with van der Waals surface area (Å²) < 4.78 is 25.3. The van der Waals surface area contributed by atoms with Crippen LogP contribution in [-0.4, -0.2) is 27.1 Å². The lowest BCUT2D eigenvalue weighted by molar-refractivity contribution is -0.114. The molecule has 7 heteroatoms. The summed E-state index contributed by atoms with van der Waals surface area (Å²) in [6.45, 7) is 5.30. The maximum absolute atomic E-state index is 12.4. The number of carbonyl (C=O) groups is 1. The molecule has 0 atom stereocenters. The van der Waals surface area contributed by atoms with Crippen LogP contribution in [0.15, 0.2) is 36.4 Å². The van der Waals surface area contributed by atoms with E-state index in [1.54, 1.807) is 18.2 Å². The smallest absolute Gasteiger partial charge is 0.245 e. The average molecular weight is 381 g/mol. The second-order valence-corrected chi connectivity index (χ2v) is 8.38. The second-order valence-electron chi connectivity index (χ2n) is 6.07. The van der Waals surface area contributed by atoms with Crippen molar-refractivity contribution in [2.24, 2.45) is 0 Å². The van der Waals surface area contributed by atoms with Gasteiger partial charge in [-0.1, -0.05) is 29.8 Å². The van der Waals surface area contributed by atoms with Crippen molar-refractivity contribution in [2.75, 3.05) is 22.4 Å². The minimum Gasteiger partial charge on any atom is -0.324 e. The molecule has 2 aromatic carbocycles. The summed E-state index contributed by atoms with van der Waals surface area (Å²) in [5.74, 6) is -0.421. The van der Waals surface area contributed by atoms with E-state index in [0.717, 1.165) is 27.3 Å². The number of nitrogens with one attached hydrogen (secondary N) is 1. The van der Waals surface area contributed by atoms with E-state index < -0.39 is 15.9 Å². The summed E-state index contributed by atoms with van der Waals surface area (Å²) >= 11 is 6.09. The summed E-state index contributed by atoms with van der Waals surface area (Å²) in [7, 11) is -3.64. The molecule has 2 aromatic rings. The third-order valence-corrected chi connectivity index (χ3v) is 5.35. The zero-order valence-electron chi connectivity index (χ0n) is 14.6. The SMILES string of the molecule is Cc1ccc(C)c(NC(=O)CN(c2ccc(C)c(Cl)c2)S(C)(=O)=O)c1. The lowest BCUT2D eigenvalue weighted by Gasteiger charge is -2.22. The molecule has 0 aliphatic carbocycles. The first kappa shape index (κ1) is 19.3. The molecule has 25 heavy (non-hydrogen) atoms. The fourth-order valence-corrected chi connectivity index (χ4v) is 3.35. The van der Waals surface area contributed by atoms with Gasteiger partial charge in [0.15, 0.2) is 0 Å². The van der Waals surface area contributed by atoms with Gasteiger partial charge in [0.1, 0.15) is 6.54 Å². The number of benzene rings is 2. The van der Waals surface area contributed by atoms with E-state index in [0.29, 0.717) is 16.4 Å². The van der Waals surface area contributed by atoms with Crippen LogP contribution in [0, 0.1) is 20.8 Å². The quantitative estimate of drug-likeness (QED) is 0.860. The molecular formula is C18H21ClN2O3S. The number of hydrogen-bond acceptors (Lipinski definition) is 3. The molecule has 0 unspecified atom stereocenters. The molecule has 0 spiro atoms. The zero-order valence-corrected chi connectivity index (χ0v) is 16.2. The molecule has 134 valence electrons. The fourth-order valence-electron chi connectivity index (χ4n) is 2.33. The highest BCUT2D eigenvalue weighted by Gasteiger charge is 2.21. The molecule has 5 nitrogen and oxygen atoms in total. The van der Waals surface area contributed by atoms with Gasteiger partial charge in [-0.15, -0.1) is 0 Å². The third kappa shape index (κ3) is 4.96. The van der Waals surface area contributed by atoms with Gasteiger partial charge in [0.2, 0.25) is 15.9 Å². The number of halogens is 1. The van der Waals surface area contributed by atoms with Crippen LogP contribution in [0.3, 0.4) is 0 Å². The van der Waals surface area contributed by atoms with Crippen molar-refractivity contribution in [3.05, 3.63) is 58.1 Å². The van der Waals surface area contributed by atoms with Crippen molar-refractivity contribution in [2.45, 2.75) is 20.8 Å². The highest BCUT2D eigenvalue weighted by Crippen LogP contribution is 2.25. The summed E-state index contributed by atoms with van der Waals surface area (Å²) in [5.41, 5.74) is 3.77. The molecule has 0 heterocycles. The first-order valence-corrected chi connectivity index (χ1v) is 9.91. The summed E-state index contributed by atoms with van der Waals surface area (Å²) in [6.07, 6.45) is 1.06. The van der Waals surface area contributed by atoms with Gasteiger partial charge in [-0.05, 0) is 55.7 Å². The van der Waals surface area contributed by atoms with Crippen LogP contribution in [0.25, 0.3) is 0 Å². The topological polar surface area (TPSA) is 66.5 Å². The predicted octanol–water partition coefficient (Wildman–Crippen LogP) is 3.67. The van der Waals surface area contributed by atoms with Crippen molar-refractivity contribution in [3.8, 4) is 0 Å². The first-order valence-electron chi connectivity index (χ1n) is 7.69. The Balaban J connectivity index is 2.27. The summed E-state index contributed by atoms with van der Waals surface area (Å²) in [5, 5.41) is 3.22. The monoisotopic (exact) mass is 380 g/mol. The Labute approximate surface area is 153 Å². The number of rotatable bonds is 5. The van der Waals surface area contributed by atoms with E-state index in [9.17, 15) is 13.2 Å². The Morgan fingerprint density at radius 1 is 1.08 bits per heavy atom. The Morgan fingerprint density at radius 2 is 1.72 bits per heavy atom. The average Bonchev–Trinajstić information content (AvgIpc) is 2.50. The van der Waals surface area contributed by atoms with E-state index in [2.05, 4.69) is 5.32 Å². The van der Waals surface area contributed by atoms with Crippen molar-refractivity contribution in [1.82, 2.24) is 0 Å². The van der Waals surface area contributed by atoms with E-state index in [1.165, 1.54) is 0 Å². The predicted molar refractivity (Wildman–Crippen MR) is 103 cm³/mol. The standard InChI is InChI=1S/C18H21ClN2O3S/c1-12-5-6-14(3)17(9-12)20-18(22)11-21(25(4,23)24)15-8-7-13(2)16(19)10-15/h5-10H,11H2,1-4H3,(H,20,22). The maximum Gasteiger partial charge on any atom is 0.245 e. The summed E-state index contributed by atoms with van der Waals surface area (Å²) in [4.78, 5) is 12.4. The van der Waals surface area contributed by atoms with E-state index in [4.69, 9.17) is 11.6 Å². The second kappa shape index (κ2) is 7.45. The molecule has 1 N–H and O–H groups in total. The maximum atomic E-state index is 12.4. The van der Waals surface area contributed by atoms with E-state index in [-0.39, 0.29) is 6.54 Å². The molecule has 0 aromatic heterocycles. The molecule has 1 amide bonds. The summed E-state index contributed by atoms with van der Waals surface area (Å²) in [6, 6.07) is 10.6. The van der Waals surface area contributed by atoms with Crippen molar-refractivity contribution >= 4 is 38.9 Å². The molecule has 0 radical (unpaired) electrons. The Hall–Kier alpha value is -2.05. The molecule has 2 rings (SSSR count). The number of nitrogens with zero attached hydrogens (tertiary/aromatic N) is 1. The molecule has 0 aliphatic heterocycles. The van der Waals surface area contributed by atoms with Crippen molar-refractivity contribution in [1.29, 1.82) is 0 Å². The minimum absolute atomic E-state index is 0.328. The van der Waals surface area contributed by atoms with Gasteiger partial charge in [0, 0.05) is 10.7 Å². The Bertz CT molecular complexity index is 911. The van der Waals surface area contributed by atoms with Crippen LogP contribution in [0.5, 0.6) is 0 Å². The van der Waals surface area contributed by atoms with Crippen LogP contribution in [0.1, 0.15) is 16.7 Å². The van der Waals surface area contributed by atoms with Crippen molar-refractivity contribution < 1.29 is 13.2 Å². The van der Waals surface area contributed by atoms with Crippen molar-refractivity contribution in [3.63, 3.8) is 0 Å². The molecule has 0 aliphatic rings. The molecule has 0 bridgehead atoms. The zero-order chi connectivity index (χ0) is 18.8. The fraction of sp³-hybridized carbons (Fsp3) is 0.278. The van der Waals surface area contributed by atoms with Gasteiger partial charge in [0.05, 0.1) is 11.9 Å². The van der Waals surface area contributed by atoms with Crippen LogP contribution in [-0.2, 0) is 14.8 Å². The Morgan fingerprint density at radius 3 is 2.32 bits per heavy atom. The van der Waals surface area contributed by atoms with Crippen LogP contribution < -0.4 is 9.62 Å². The number of amides is 1. The third-order valence-electron chi connectivity index (χ3n) is 3.80. The van der Waals surface area contributed by atoms with Gasteiger partial charge in [-0.3, -0.25) is 9.10 Å². The van der Waals surface area contributed by atoms with Gasteiger partial charge in [0.25, 0.3) is 0 Å². The molecule has 0 fully saturated rings.